The minimum Gasteiger partial charge on any atom is -0.377 e. The summed E-state index contributed by atoms with van der Waals surface area (Å²) in [6, 6.07) is 17.2. The first-order chi connectivity index (χ1) is 13.8. The van der Waals surface area contributed by atoms with E-state index in [0.29, 0.717) is 6.54 Å². The minimum atomic E-state index is -0.191. The van der Waals surface area contributed by atoms with Crippen molar-refractivity contribution < 1.29 is 9.13 Å². The number of ether oxygens (including phenoxy) is 1. The van der Waals surface area contributed by atoms with Crippen LogP contribution in [0.4, 0.5) is 4.39 Å². The van der Waals surface area contributed by atoms with Crippen molar-refractivity contribution in [2.45, 2.75) is 38.6 Å². The highest BCUT2D eigenvalue weighted by molar-refractivity contribution is 5.18. The Morgan fingerprint density at radius 2 is 1.93 bits per heavy atom. The smallest absolute Gasteiger partial charge is 0.123 e. The fraction of sp³-hybridized carbons (Fsp3) is 0.348. The zero-order chi connectivity index (χ0) is 19.2. The van der Waals surface area contributed by atoms with Crippen molar-refractivity contribution in [2.24, 2.45) is 0 Å². The van der Waals surface area contributed by atoms with Crippen LogP contribution >= 0.6 is 0 Å². The van der Waals surface area contributed by atoms with Crippen LogP contribution in [0, 0.1) is 5.82 Å². The van der Waals surface area contributed by atoms with E-state index in [9.17, 15) is 4.39 Å². The van der Waals surface area contributed by atoms with Gasteiger partial charge in [-0.3, -0.25) is 4.90 Å². The predicted molar refractivity (Wildman–Crippen MR) is 107 cm³/mol. The molecule has 1 aliphatic heterocycles. The Hall–Kier alpha value is -2.50. The number of halogens is 1. The van der Waals surface area contributed by atoms with Gasteiger partial charge in [0.2, 0.25) is 0 Å². The molecule has 1 aliphatic rings. The molecule has 0 radical (unpaired) electrons. The van der Waals surface area contributed by atoms with E-state index in [1.165, 1.54) is 11.6 Å². The molecule has 1 fully saturated rings. The van der Waals surface area contributed by atoms with Crippen LogP contribution in [0.2, 0.25) is 0 Å². The number of aromatic nitrogens is 2. The van der Waals surface area contributed by atoms with Crippen LogP contribution < -0.4 is 0 Å². The summed E-state index contributed by atoms with van der Waals surface area (Å²) in [5, 5.41) is 0. The van der Waals surface area contributed by atoms with Gasteiger partial charge in [-0.05, 0) is 36.1 Å². The average Bonchev–Trinajstić information content (AvgIpc) is 3.35. The maximum atomic E-state index is 13.6. The van der Waals surface area contributed by atoms with E-state index in [2.05, 4.69) is 38.7 Å². The van der Waals surface area contributed by atoms with Crippen molar-refractivity contribution in [3.05, 3.63) is 89.8 Å². The van der Waals surface area contributed by atoms with E-state index < -0.39 is 0 Å². The van der Waals surface area contributed by atoms with Crippen LogP contribution in [0.25, 0.3) is 0 Å². The molecule has 1 saturated heterocycles. The zero-order valence-electron chi connectivity index (χ0n) is 16.0. The number of rotatable bonds is 8. The van der Waals surface area contributed by atoms with Gasteiger partial charge in [0.05, 0.1) is 18.1 Å². The second kappa shape index (κ2) is 9.13. The van der Waals surface area contributed by atoms with E-state index in [4.69, 9.17) is 4.74 Å². The summed E-state index contributed by atoms with van der Waals surface area (Å²) >= 11 is 0. The standard InChI is InChI=1S/C23H26FN3O/c24-21-9-4-8-20(12-21)14-26(17-23-10-5-11-28-23)16-22-13-25-18-27(22)15-19-6-2-1-3-7-19/h1-4,6-9,12-13,18,23H,5,10-11,14-17H2/t23-/m1/s1. The fourth-order valence-electron chi connectivity index (χ4n) is 3.79. The number of hydrogen-bond acceptors (Lipinski definition) is 3. The van der Waals surface area contributed by atoms with Gasteiger partial charge in [0.1, 0.15) is 5.82 Å². The van der Waals surface area contributed by atoms with Gasteiger partial charge in [-0.15, -0.1) is 0 Å². The summed E-state index contributed by atoms with van der Waals surface area (Å²) in [6.45, 7) is 3.92. The average molecular weight is 379 g/mol. The molecule has 4 rings (SSSR count). The van der Waals surface area contributed by atoms with Crippen molar-refractivity contribution in [3.8, 4) is 0 Å². The normalized spacial score (nSPS) is 16.7. The molecule has 2 aromatic carbocycles. The van der Waals surface area contributed by atoms with Crippen LogP contribution in [0.15, 0.2) is 67.1 Å². The van der Waals surface area contributed by atoms with E-state index in [1.54, 1.807) is 12.1 Å². The van der Waals surface area contributed by atoms with Gasteiger partial charge in [-0.25, -0.2) is 9.37 Å². The summed E-state index contributed by atoms with van der Waals surface area (Å²) in [7, 11) is 0. The van der Waals surface area contributed by atoms with Gasteiger partial charge < -0.3 is 9.30 Å². The van der Waals surface area contributed by atoms with E-state index in [0.717, 1.165) is 50.3 Å². The molecule has 0 bridgehead atoms. The topological polar surface area (TPSA) is 30.3 Å². The molecule has 0 spiro atoms. The van der Waals surface area contributed by atoms with E-state index in [-0.39, 0.29) is 11.9 Å². The summed E-state index contributed by atoms with van der Waals surface area (Å²) in [4.78, 5) is 6.71. The van der Waals surface area contributed by atoms with Crippen molar-refractivity contribution in [3.63, 3.8) is 0 Å². The molecule has 0 saturated carbocycles. The molecule has 3 aromatic rings. The molecule has 0 unspecified atom stereocenters. The molecule has 28 heavy (non-hydrogen) atoms. The fourth-order valence-corrected chi connectivity index (χ4v) is 3.79. The Labute approximate surface area is 165 Å². The zero-order valence-corrected chi connectivity index (χ0v) is 16.0. The molecule has 0 amide bonds. The molecular weight excluding hydrogens is 353 g/mol. The Bertz CT molecular complexity index is 874. The molecule has 146 valence electrons. The Morgan fingerprint density at radius 3 is 2.71 bits per heavy atom. The third-order valence-electron chi connectivity index (χ3n) is 5.16. The highest BCUT2D eigenvalue weighted by Crippen LogP contribution is 2.18. The maximum Gasteiger partial charge on any atom is 0.123 e. The first-order valence-corrected chi connectivity index (χ1v) is 9.87. The van der Waals surface area contributed by atoms with Crippen molar-refractivity contribution in [2.75, 3.05) is 13.2 Å². The molecule has 0 N–H and O–H groups in total. The van der Waals surface area contributed by atoms with Gasteiger partial charge in [0.25, 0.3) is 0 Å². The second-order valence-electron chi connectivity index (χ2n) is 7.43. The Kier molecular flexibility index (Phi) is 6.14. The van der Waals surface area contributed by atoms with Crippen molar-refractivity contribution >= 4 is 0 Å². The maximum absolute atomic E-state index is 13.6. The van der Waals surface area contributed by atoms with Gasteiger partial charge in [0.15, 0.2) is 0 Å². The highest BCUT2D eigenvalue weighted by Gasteiger charge is 2.20. The first kappa shape index (κ1) is 18.8. The summed E-state index contributed by atoms with van der Waals surface area (Å²) < 4.78 is 21.7. The molecule has 4 nitrogen and oxygen atoms in total. The van der Waals surface area contributed by atoms with Crippen molar-refractivity contribution in [1.82, 2.24) is 14.5 Å². The van der Waals surface area contributed by atoms with E-state index >= 15 is 0 Å². The molecule has 0 aliphatic carbocycles. The number of imidazole rings is 1. The lowest BCUT2D eigenvalue weighted by molar-refractivity contribution is 0.0671. The van der Waals surface area contributed by atoms with E-state index in [1.807, 2.05) is 24.7 Å². The van der Waals surface area contributed by atoms with Gasteiger partial charge in [-0.2, -0.15) is 0 Å². The Balaban J connectivity index is 1.49. The molecule has 1 atom stereocenters. The minimum absolute atomic E-state index is 0.191. The molecule has 1 aromatic heterocycles. The number of benzene rings is 2. The van der Waals surface area contributed by atoms with Crippen LogP contribution in [0.1, 0.15) is 29.7 Å². The molecule has 5 heteroatoms. The predicted octanol–water partition coefficient (Wildman–Crippen LogP) is 4.25. The van der Waals surface area contributed by atoms with Gasteiger partial charge >= 0.3 is 0 Å². The lowest BCUT2D eigenvalue weighted by Crippen LogP contribution is -2.32. The first-order valence-electron chi connectivity index (χ1n) is 9.87. The van der Waals surface area contributed by atoms with Crippen LogP contribution in [-0.4, -0.2) is 33.7 Å². The lowest BCUT2D eigenvalue weighted by Gasteiger charge is -2.26. The third kappa shape index (κ3) is 5.06. The monoisotopic (exact) mass is 379 g/mol. The van der Waals surface area contributed by atoms with Gasteiger partial charge in [-0.1, -0.05) is 42.5 Å². The van der Waals surface area contributed by atoms with Crippen molar-refractivity contribution in [1.29, 1.82) is 0 Å². The largest absolute Gasteiger partial charge is 0.377 e. The molecular formula is C23H26FN3O. The summed E-state index contributed by atoms with van der Waals surface area (Å²) in [5.74, 6) is -0.191. The van der Waals surface area contributed by atoms with Gasteiger partial charge in [0, 0.05) is 39.0 Å². The quantitative estimate of drug-likeness (QED) is 0.586. The lowest BCUT2D eigenvalue weighted by atomic mass is 10.1. The third-order valence-corrected chi connectivity index (χ3v) is 5.16. The van der Waals surface area contributed by atoms with Crippen LogP contribution in [-0.2, 0) is 24.4 Å². The number of hydrogen-bond donors (Lipinski definition) is 0. The molecule has 2 heterocycles. The highest BCUT2D eigenvalue weighted by atomic mass is 19.1. The SMILES string of the molecule is Fc1cccc(CN(Cc2cncn2Cc2ccccc2)C[C@H]2CCCO2)c1. The van der Waals surface area contributed by atoms with Crippen LogP contribution in [0.3, 0.4) is 0 Å². The number of nitrogens with zero attached hydrogens (tertiary/aromatic N) is 3. The summed E-state index contributed by atoms with van der Waals surface area (Å²) in [5.41, 5.74) is 3.38. The summed E-state index contributed by atoms with van der Waals surface area (Å²) in [6.07, 6.45) is 6.26. The Morgan fingerprint density at radius 1 is 1.07 bits per heavy atom. The van der Waals surface area contributed by atoms with Crippen LogP contribution in [0.5, 0.6) is 0 Å². The second-order valence-corrected chi connectivity index (χ2v) is 7.43.